The minimum absolute atomic E-state index is 0.0274. The Labute approximate surface area is 147 Å². The van der Waals surface area contributed by atoms with Crippen molar-refractivity contribution < 1.29 is 4.79 Å². The van der Waals surface area contributed by atoms with E-state index in [1.807, 2.05) is 80.8 Å². The largest absolute Gasteiger partial charge is 0.337 e. The van der Waals surface area contributed by atoms with Crippen LogP contribution in [0.3, 0.4) is 0 Å². The molecule has 0 saturated heterocycles. The molecule has 1 aromatic carbocycles. The van der Waals surface area contributed by atoms with Crippen LogP contribution < -0.4 is 0 Å². The van der Waals surface area contributed by atoms with Crippen molar-refractivity contribution in [2.75, 3.05) is 7.05 Å². The highest BCUT2D eigenvalue weighted by atomic mass is 16.2. The Morgan fingerprint density at radius 3 is 2.40 bits per heavy atom. The second-order valence-electron chi connectivity index (χ2n) is 6.33. The van der Waals surface area contributed by atoms with Gasteiger partial charge in [0.05, 0.1) is 28.8 Å². The smallest absolute Gasteiger partial charge is 0.257 e. The van der Waals surface area contributed by atoms with Gasteiger partial charge in [-0.15, -0.1) is 0 Å². The Kier molecular flexibility index (Phi) is 4.44. The fraction of sp³-hybridized carbons (Fsp3) is 0.316. The Morgan fingerprint density at radius 1 is 1.12 bits per heavy atom. The van der Waals surface area contributed by atoms with E-state index in [9.17, 15) is 4.79 Å². The summed E-state index contributed by atoms with van der Waals surface area (Å²) in [6, 6.07) is 9.85. The Balaban J connectivity index is 1.90. The van der Waals surface area contributed by atoms with Crippen LogP contribution in [-0.4, -0.2) is 37.4 Å². The first-order chi connectivity index (χ1) is 11.9. The first-order valence-electron chi connectivity index (χ1n) is 8.24. The fourth-order valence-electron chi connectivity index (χ4n) is 2.99. The summed E-state index contributed by atoms with van der Waals surface area (Å²) < 4.78 is 3.64. The van der Waals surface area contributed by atoms with Crippen LogP contribution in [0.15, 0.2) is 36.5 Å². The van der Waals surface area contributed by atoms with Crippen LogP contribution in [0.5, 0.6) is 0 Å². The van der Waals surface area contributed by atoms with Gasteiger partial charge in [0.1, 0.15) is 0 Å². The molecule has 0 atom stereocenters. The third-order valence-electron chi connectivity index (χ3n) is 4.60. The minimum Gasteiger partial charge on any atom is -0.337 e. The number of carbonyl (C=O) groups excluding carboxylic acids is 1. The van der Waals surface area contributed by atoms with Crippen LogP contribution in [0.25, 0.3) is 5.69 Å². The summed E-state index contributed by atoms with van der Waals surface area (Å²) in [5.74, 6) is -0.0274. The monoisotopic (exact) mass is 337 g/mol. The lowest BCUT2D eigenvalue weighted by Gasteiger charge is -2.17. The highest BCUT2D eigenvalue weighted by molar-refractivity contribution is 5.96. The van der Waals surface area contributed by atoms with E-state index in [2.05, 4.69) is 10.2 Å². The molecule has 3 aromatic rings. The fourth-order valence-corrected chi connectivity index (χ4v) is 2.99. The highest BCUT2D eigenvalue weighted by Gasteiger charge is 2.23. The number of hydrogen-bond donors (Lipinski definition) is 0. The molecule has 2 aromatic heterocycles. The van der Waals surface area contributed by atoms with Crippen molar-refractivity contribution in [2.24, 2.45) is 7.05 Å². The van der Waals surface area contributed by atoms with Crippen molar-refractivity contribution in [3.8, 4) is 5.69 Å². The molecular weight excluding hydrogens is 314 g/mol. The van der Waals surface area contributed by atoms with E-state index in [4.69, 9.17) is 0 Å². The van der Waals surface area contributed by atoms with Crippen molar-refractivity contribution in [3.05, 3.63) is 64.7 Å². The normalized spacial score (nSPS) is 10.9. The molecule has 130 valence electrons. The molecule has 0 unspecified atom stereocenters. The zero-order chi connectivity index (χ0) is 18.1. The molecule has 0 aliphatic heterocycles. The summed E-state index contributed by atoms with van der Waals surface area (Å²) in [4.78, 5) is 14.7. The van der Waals surface area contributed by atoms with Gasteiger partial charge in [-0.1, -0.05) is 18.2 Å². The Morgan fingerprint density at radius 2 is 1.80 bits per heavy atom. The standard InChI is InChI=1S/C19H23N5O/c1-13-18(15(3)24(21-13)17-9-7-6-8-10-17)19(25)22(4)12-16-11-20-23(5)14(16)2/h6-11H,12H2,1-5H3. The average molecular weight is 337 g/mol. The van der Waals surface area contributed by atoms with E-state index in [0.29, 0.717) is 12.1 Å². The third-order valence-corrected chi connectivity index (χ3v) is 4.60. The van der Waals surface area contributed by atoms with E-state index < -0.39 is 0 Å². The van der Waals surface area contributed by atoms with Crippen LogP contribution in [0, 0.1) is 20.8 Å². The van der Waals surface area contributed by atoms with E-state index in [1.54, 1.807) is 4.90 Å². The summed E-state index contributed by atoms with van der Waals surface area (Å²) in [7, 11) is 3.71. The van der Waals surface area contributed by atoms with Crippen LogP contribution in [0.4, 0.5) is 0 Å². The molecule has 0 fully saturated rings. The van der Waals surface area contributed by atoms with Gasteiger partial charge in [-0.3, -0.25) is 9.48 Å². The van der Waals surface area contributed by atoms with E-state index in [-0.39, 0.29) is 5.91 Å². The van der Waals surface area contributed by atoms with Gasteiger partial charge in [-0.2, -0.15) is 10.2 Å². The maximum Gasteiger partial charge on any atom is 0.257 e. The lowest BCUT2D eigenvalue weighted by atomic mass is 10.1. The quantitative estimate of drug-likeness (QED) is 0.735. The van der Waals surface area contributed by atoms with Crippen molar-refractivity contribution in [3.63, 3.8) is 0 Å². The molecule has 2 heterocycles. The summed E-state index contributed by atoms with van der Waals surface area (Å²) in [6.45, 7) is 6.34. The zero-order valence-corrected chi connectivity index (χ0v) is 15.3. The number of hydrogen-bond acceptors (Lipinski definition) is 3. The van der Waals surface area contributed by atoms with Gasteiger partial charge in [0.25, 0.3) is 5.91 Å². The number of benzene rings is 1. The summed E-state index contributed by atoms with van der Waals surface area (Å²) >= 11 is 0. The Hall–Kier alpha value is -2.89. The van der Waals surface area contributed by atoms with E-state index in [1.165, 1.54) is 0 Å². The molecule has 0 bridgehead atoms. The van der Waals surface area contributed by atoms with Gasteiger partial charge in [0.2, 0.25) is 0 Å². The second-order valence-corrected chi connectivity index (χ2v) is 6.33. The second kappa shape index (κ2) is 6.55. The van der Waals surface area contributed by atoms with Gasteiger partial charge in [-0.25, -0.2) is 4.68 Å². The molecule has 0 aliphatic carbocycles. The maximum atomic E-state index is 13.0. The van der Waals surface area contributed by atoms with Gasteiger partial charge < -0.3 is 4.90 Å². The van der Waals surface area contributed by atoms with Crippen LogP contribution in [0.1, 0.15) is 33.0 Å². The molecule has 0 aliphatic rings. The number of aryl methyl sites for hydroxylation is 2. The van der Waals surface area contributed by atoms with E-state index in [0.717, 1.165) is 28.3 Å². The van der Waals surface area contributed by atoms with Gasteiger partial charge >= 0.3 is 0 Å². The van der Waals surface area contributed by atoms with Crippen LogP contribution >= 0.6 is 0 Å². The first kappa shape index (κ1) is 17.0. The third kappa shape index (κ3) is 3.07. The molecule has 6 heteroatoms. The zero-order valence-electron chi connectivity index (χ0n) is 15.3. The first-order valence-corrected chi connectivity index (χ1v) is 8.24. The molecule has 0 N–H and O–H groups in total. The number of rotatable bonds is 4. The highest BCUT2D eigenvalue weighted by Crippen LogP contribution is 2.20. The molecule has 0 spiro atoms. The van der Waals surface area contributed by atoms with E-state index >= 15 is 0 Å². The summed E-state index contributed by atoms with van der Waals surface area (Å²) in [5.41, 5.74) is 5.31. The summed E-state index contributed by atoms with van der Waals surface area (Å²) in [5, 5.41) is 8.81. The molecule has 3 rings (SSSR count). The number of nitrogens with zero attached hydrogens (tertiary/aromatic N) is 5. The SMILES string of the molecule is Cc1nn(-c2ccccc2)c(C)c1C(=O)N(C)Cc1cnn(C)c1C. The number of carbonyl (C=O) groups is 1. The van der Waals surface area contributed by atoms with Gasteiger partial charge in [0, 0.05) is 31.9 Å². The number of amides is 1. The number of para-hydroxylation sites is 1. The lowest BCUT2D eigenvalue weighted by Crippen LogP contribution is -2.27. The molecule has 6 nitrogen and oxygen atoms in total. The van der Waals surface area contributed by atoms with Gasteiger partial charge in [0.15, 0.2) is 0 Å². The van der Waals surface area contributed by atoms with Crippen LogP contribution in [-0.2, 0) is 13.6 Å². The predicted molar refractivity (Wildman–Crippen MR) is 96.8 cm³/mol. The van der Waals surface area contributed by atoms with Crippen molar-refractivity contribution in [1.29, 1.82) is 0 Å². The van der Waals surface area contributed by atoms with Crippen LogP contribution in [0.2, 0.25) is 0 Å². The van der Waals surface area contributed by atoms with Crippen molar-refractivity contribution >= 4 is 5.91 Å². The molecular formula is C19H23N5O. The van der Waals surface area contributed by atoms with Gasteiger partial charge in [-0.05, 0) is 32.9 Å². The average Bonchev–Trinajstić information content (AvgIpc) is 3.08. The lowest BCUT2D eigenvalue weighted by molar-refractivity contribution is 0.0783. The number of aromatic nitrogens is 4. The molecule has 0 radical (unpaired) electrons. The minimum atomic E-state index is -0.0274. The molecule has 0 saturated carbocycles. The predicted octanol–water partition coefficient (Wildman–Crippen LogP) is 2.80. The topological polar surface area (TPSA) is 56.0 Å². The molecule has 25 heavy (non-hydrogen) atoms. The molecule has 1 amide bonds. The maximum absolute atomic E-state index is 13.0. The summed E-state index contributed by atoms with van der Waals surface area (Å²) in [6.07, 6.45) is 1.81. The van der Waals surface area contributed by atoms with Crippen molar-refractivity contribution in [1.82, 2.24) is 24.5 Å². The van der Waals surface area contributed by atoms with Crippen molar-refractivity contribution in [2.45, 2.75) is 27.3 Å². The Bertz CT molecular complexity index is 908.